The highest BCUT2D eigenvalue weighted by Crippen LogP contribution is 2.55. The number of benzene rings is 1. The quantitative estimate of drug-likeness (QED) is 0.765. The maximum atomic E-state index is 13.9. The highest BCUT2D eigenvalue weighted by atomic mass is 16.2. The molecule has 2 amide bonds. The van der Waals surface area contributed by atoms with E-state index in [1.807, 2.05) is 18.2 Å². The van der Waals surface area contributed by atoms with Crippen molar-refractivity contribution in [2.45, 2.75) is 76.5 Å². The SMILES string of the molecule is CC(=O)N1[C@H]2CCCC[C@H]3N(C(=O)c4ccncn4)[C@@H](Cc4ccccc4)[C@@H]1C[C@@]23C. The fourth-order valence-electron chi connectivity index (χ4n) is 6.65. The molecular weight excluding hydrogens is 388 g/mol. The van der Waals surface area contributed by atoms with E-state index in [0.29, 0.717) is 5.69 Å². The van der Waals surface area contributed by atoms with Gasteiger partial charge >= 0.3 is 0 Å². The number of carbonyl (C=O) groups excluding carboxylic acids is 2. The molecule has 0 unspecified atom stereocenters. The molecule has 2 bridgehead atoms. The first kappa shape index (κ1) is 20.2. The van der Waals surface area contributed by atoms with Gasteiger partial charge in [-0.2, -0.15) is 0 Å². The van der Waals surface area contributed by atoms with Gasteiger partial charge in [0.1, 0.15) is 12.0 Å². The molecule has 5 rings (SSSR count). The third kappa shape index (κ3) is 3.24. The predicted octanol–water partition coefficient (Wildman–Crippen LogP) is 3.48. The van der Waals surface area contributed by atoms with Gasteiger partial charge in [-0.1, -0.05) is 50.1 Å². The average molecular weight is 419 g/mol. The molecule has 5 atom stereocenters. The molecule has 6 heteroatoms. The summed E-state index contributed by atoms with van der Waals surface area (Å²) < 4.78 is 0. The van der Waals surface area contributed by atoms with Gasteiger partial charge in [0.2, 0.25) is 5.91 Å². The number of rotatable bonds is 3. The summed E-state index contributed by atoms with van der Waals surface area (Å²) in [7, 11) is 0. The van der Waals surface area contributed by atoms with Gasteiger partial charge < -0.3 is 9.80 Å². The number of likely N-dealkylation sites (tertiary alicyclic amines) is 2. The van der Waals surface area contributed by atoms with Crippen molar-refractivity contribution in [3.63, 3.8) is 0 Å². The lowest BCUT2D eigenvalue weighted by atomic mass is 9.69. The molecule has 162 valence electrons. The van der Waals surface area contributed by atoms with Crippen LogP contribution in [0.5, 0.6) is 0 Å². The number of hydrogen-bond donors (Lipinski definition) is 0. The van der Waals surface area contributed by atoms with E-state index in [4.69, 9.17) is 0 Å². The maximum absolute atomic E-state index is 13.9. The molecule has 3 heterocycles. The van der Waals surface area contributed by atoms with Crippen LogP contribution in [0.2, 0.25) is 0 Å². The summed E-state index contributed by atoms with van der Waals surface area (Å²) in [4.78, 5) is 39.3. The summed E-state index contributed by atoms with van der Waals surface area (Å²) in [5, 5.41) is 0. The average Bonchev–Trinajstić information content (AvgIpc) is 2.94. The lowest BCUT2D eigenvalue weighted by molar-refractivity contribution is -0.132. The van der Waals surface area contributed by atoms with Crippen molar-refractivity contribution in [3.05, 3.63) is 60.2 Å². The smallest absolute Gasteiger partial charge is 0.273 e. The molecule has 1 saturated carbocycles. The van der Waals surface area contributed by atoms with E-state index < -0.39 is 0 Å². The van der Waals surface area contributed by atoms with Crippen molar-refractivity contribution in [1.82, 2.24) is 19.8 Å². The van der Waals surface area contributed by atoms with Crippen molar-refractivity contribution in [1.29, 1.82) is 0 Å². The van der Waals surface area contributed by atoms with E-state index in [-0.39, 0.29) is 41.4 Å². The molecular formula is C25H30N4O2. The largest absolute Gasteiger partial charge is 0.334 e. The number of piperidine rings is 1. The Kier molecular flexibility index (Phi) is 5.03. The van der Waals surface area contributed by atoms with Gasteiger partial charge in [0, 0.05) is 30.6 Å². The van der Waals surface area contributed by atoms with Crippen LogP contribution in [0.15, 0.2) is 48.9 Å². The number of amides is 2. The summed E-state index contributed by atoms with van der Waals surface area (Å²) in [5.41, 5.74) is 1.55. The lowest BCUT2D eigenvalue weighted by Crippen LogP contribution is -2.62. The highest BCUT2D eigenvalue weighted by molar-refractivity contribution is 5.93. The van der Waals surface area contributed by atoms with Gasteiger partial charge in [-0.25, -0.2) is 9.97 Å². The molecule has 1 aromatic heterocycles. The fraction of sp³-hybridized carbons (Fsp3) is 0.520. The summed E-state index contributed by atoms with van der Waals surface area (Å²) in [6.45, 7) is 4.00. The third-order valence-electron chi connectivity index (χ3n) is 7.89. The van der Waals surface area contributed by atoms with Crippen molar-refractivity contribution in [2.75, 3.05) is 0 Å². The zero-order chi connectivity index (χ0) is 21.6. The second-order valence-electron chi connectivity index (χ2n) is 9.58. The Hall–Kier alpha value is -2.76. The molecule has 31 heavy (non-hydrogen) atoms. The first-order valence-electron chi connectivity index (χ1n) is 11.4. The van der Waals surface area contributed by atoms with E-state index in [9.17, 15) is 9.59 Å². The van der Waals surface area contributed by atoms with Crippen LogP contribution in [0, 0.1) is 5.41 Å². The Labute approximate surface area is 183 Å². The lowest BCUT2D eigenvalue weighted by Gasteiger charge is -2.50. The topological polar surface area (TPSA) is 66.4 Å². The van der Waals surface area contributed by atoms with E-state index in [2.05, 4.69) is 38.8 Å². The molecule has 3 aliphatic rings. The first-order chi connectivity index (χ1) is 15.0. The van der Waals surface area contributed by atoms with Gasteiger partial charge in [0.15, 0.2) is 0 Å². The van der Waals surface area contributed by atoms with Crippen molar-refractivity contribution in [3.8, 4) is 0 Å². The van der Waals surface area contributed by atoms with Crippen LogP contribution in [-0.2, 0) is 11.2 Å². The minimum Gasteiger partial charge on any atom is -0.334 e. The van der Waals surface area contributed by atoms with Crippen molar-refractivity contribution < 1.29 is 9.59 Å². The van der Waals surface area contributed by atoms with Crippen LogP contribution >= 0.6 is 0 Å². The Morgan fingerprint density at radius 2 is 1.77 bits per heavy atom. The third-order valence-corrected chi connectivity index (χ3v) is 7.89. The molecule has 1 aliphatic carbocycles. The van der Waals surface area contributed by atoms with Crippen LogP contribution in [-0.4, -0.2) is 55.7 Å². The van der Waals surface area contributed by atoms with E-state index >= 15 is 0 Å². The normalized spacial score (nSPS) is 31.9. The van der Waals surface area contributed by atoms with E-state index in [0.717, 1.165) is 38.5 Å². The Balaban J connectivity index is 1.63. The minimum atomic E-state index is -0.0806. The van der Waals surface area contributed by atoms with Crippen LogP contribution in [0.4, 0.5) is 0 Å². The Morgan fingerprint density at radius 3 is 2.42 bits per heavy atom. The van der Waals surface area contributed by atoms with Crippen molar-refractivity contribution in [2.24, 2.45) is 5.41 Å². The van der Waals surface area contributed by atoms with Gasteiger partial charge in [-0.3, -0.25) is 9.59 Å². The molecule has 3 fully saturated rings. The summed E-state index contributed by atoms with van der Waals surface area (Å²) >= 11 is 0. The predicted molar refractivity (Wildman–Crippen MR) is 117 cm³/mol. The van der Waals surface area contributed by atoms with Gasteiger partial charge in [-0.05, 0) is 37.3 Å². The summed E-state index contributed by atoms with van der Waals surface area (Å²) in [6.07, 6.45) is 8.97. The molecule has 2 aliphatic heterocycles. The Bertz CT molecular complexity index is 966. The van der Waals surface area contributed by atoms with Crippen LogP contribution < -0.4 is 0 Å². The zero-order valence-electron chi connectivity index (χ0n) is 18.3. The monoisotopic (exact) mass is 418 g/mol. The number of fused-ring (bicyclic) bond motifs is 1. The molecule has 6 nitrogen and oxygen atoms in total. The molecule has 2 saturated heterocycles. The van der Waals surface area contributed by atoms with Crippen LogP contribution in [0.3, 0.4) is 0 Å². The Morgan fingerprint density at radius 1 is 1.06 bits per heavy atom. The molecule has 2 aromatic rings. The van der Waals surface area contributed by atoms with Gasteiger partial charge in [0.25, 0.3) is 5.91 Å². The molecule has 0 spiro atoms. The molecule has 1 aromatic carbocycles. The van der Waals surface area contributed by atoms with Gasteiger partial charge in [-0.15, -0.1) is 0 Å². The number of hydrogen-bond acceptors (Lipinski definition) is 4. The standard InChI is InChI=1S/C25H30N4O2/c1-17(30)28-21-15-25(2)22(28)10-6-7-11-23(25)29(24(31)19-12-13-26-16-27-19)20(21)14-18-8-4-3-5-9-18/h3-5,8-9,12-13,16,20-23H,6-7,10-11,14-15H2,1-2H3/t20-,21-,22-,23+,25-/m0/s1. The van der Waals surface area contributed by atoms with E-state index in [1.165, 1.54) is 11.9 Å². The molecule has 0 radical (unpaired) electrons. The fourth-order valence-corrected chi connectivity index (χ4v) is 6.65. The van der Waals surface area contributed by atoms with E-state index in [1.54, 1.807) is 19.2 Å². The zero-order valence-corrected chi connectivity index (χ0v) is 18.3. The maximum Gasteiger partial charge on any atom is 0.273 e. The minimum absolute atomic E-state index is 0.0321. The number of carbonyl (C=O) groups is 2. The number of aromatic nitrogens is 2. The van der Waals surface area contributed by atoms with Crippen LogP contribution in [0.1, 0.15) is 62.0 Å². The second-order valence-corrected chi connectivity index (χ2v) is 9.58. The first-order valence-corrected chi connectivity index (χ1v) is 11.4. The van der Waals surface area contributed by atoms with Gasteiger partial charge in [0.05, 0.1) is 12.1 Å². The highest BCUT2D eigenvalue weighted by Gasteiger charge is 2.63. The van der Waals surface area contributed by atoms with Crippen LogP contribution in [0.25, 0.3) is 0 Å². The molecule has 0 N–H and O–H groups in total. The summed E-state index contributed by atoms with van der Waals surface area (Å²) in [6, 6.07) is 12.3. The second kappa shape index (κ2) is 7.74. The van der Waals surface area contributed by atoms with Crippen molar-refractivity contribution >= 4 is 11.8 Å². The summed E-state index contributed by atoms with van der Waals surface area (Å²) in [5.74, 6) is 0.101. The number of nitrogens with zero attached hydrogens (tertiary/aromatic N) is 4.